The van der Waals surface area contributed by atoms with Gasteiger partial charge >= 0.3 is 13.4 Å². The van der Waals surface area contributed by atoms with E-state index in [4.69, 9.17) is 48.0 Å². The van der Waals surface area contributed by atoms with Gasteiger partial charge in [-0.15, -0.1) is 23.2 Å². The fourth-order valence-electron chi connectivity index (χ4n) is 0.211. The highest BCUT2D eigenvalue weighted by atomic mass is 35.7. The lowest BCUT2D eigenvalue weighted by atomic mass is 10.8. The molecule has 0 unspecified atom stereocenters. The molecule has 0 rings (SSSR count). The van der Waals surface area contributed by atoms with Crippen molar-refractivity contribution in [3.63, 3.8) is 0 Å². The van der Waals surface area contributed by atoms with Gasteiger partial charge in [0.1, 0.15) is 0 Å². The lowest BCUT2D eigenvalue weighted by Gasteiger charge is -1.93. The van der Waals surface area contributed by atoms with Crippen molar-refractivity contribution in [3.05, 3.63) is 0 Å². The Bertz CT molecular complexity index is 44.2. The standard InChI is InChI=1S/C4H8Cl2O.Al.2ClH/c5-1-3-7-4-2-6;;;/h1-4H2;;2*1H/q;+2;;/p-2. The van der Waals surface area contributed by atoms with Gasteiger partial charge in [0.15, 0.2) is 0 Å². The second kappa shape index (κ2) is 16.9. The molecule has 0 aliphatic carbocycles. The summed E-state index contributed by atoms with van der Waals surface area (Å²) in [5.41, 5.74) is 0. The molecule has 0 aliphatic rings. The number of hydrogen-bond acceptors (Lipinski definition) is 1. The molecule has 0 heterocycles. The van der Waals surface area contributed by atoms with Crippen molar-refractivity contribution in [1.29, 1.82) is 0 Å². The third kappa shape index (κ3) is 22.6. The second-order valence-corrected chi connectivity index (χ2v) is 3.97. The summed E-state index contributed by atoms with van der Waals surface area (Å²) in [6, 6.07) is 0. The Labute approximate surface area is 86.0 Å². The number of ether oxygens (including phenoxy) is 1. The first kappa shape index (κ1) is 14.2. The predicted octanol–water partition coefficient (Wildman–Crippen LogP) is 2.48. The zero-order chi connectivity index (χ0) is 8.24. The summed E-state index contributed by atoms with van der Waals surface area (Å²) in [7, 11) is 9.69. The number of rotatable bonds is 4. The fraction of sp³-hybridized carbons (Fsp3) is 1.00. The van der Waals surface area contributed by atoms with Gasteiger partial charge in [0.25, 0.3) is 0 Å². The van der Waals surface area contributed by atoms with E-state index in [0.717, 1.165) is 0 Å². The molecule has 6 heteroatoms. The van der Waals surface area contributed by atoms with Crippen molar-refractivity contribution >= 4 is 56.7 Å². The number of alkyl halides is 2. The van der Waals surface area contributed by atoms with Crippen molar-refractivity contribution < 1.29 is 4.74 Å². The van der Waals surface area contributed by atoms with Gasteiger partial charge in [-0.3, -0.25) is 0 Å². The van der Waals surface area contributed by atoms with Gasteiger partial charge in [-0.05, 0) is 0 Å². The highest BCUT2D eigenvalue weighted by Crippen LogP contribution is 1.80. The molecule has 0 saturated heterocycles. The Kier molecular flexibility index (Phi) is 24.1. The first-order valence-electron chi connectivity index (χ1n) is 2.55. The van der Waals surface area contributed by atoms with E-state index in [0.29, 0.717) is 25.0 Å². The Balaban J connectivity index is 0. The first-order valence-corrected chi connectivity index (χ1v) is 7.11. The van der Waals surface area contributed by atoms with Crippen LogP contribution in [0.25, 0.3) is 0 Å². The minimum atomic E-state index is -0.306. The van der Waals surface area contributed by atoms with Crippen LogP contribution in [-0.2, 0) is 4.74 Å². The minimum Gasteiger partial charge on any atom is -0.379 e. The average Bonchev–Trinajstić information content (AvgIpc) is 1.91. The van der Waals surface area contributed by atoms with Crippen molar-refractivity contribution in [1.82, 2.24) is 0 Å². The van der Waals surface area contributed by atoms with E-state index in [1.54, 1.807) is 0 Å². The largest absolute Gasteiger partial charge is 0.495 e. The predicted molar refractivity (Wildman–Crippen MR) is 49.7 cm³/mol. The zero-order valence-electron chi connectivity index (χ0n) is 5.33. The quantitative estimate of drug-likeness (QED) is 0.417. The lowest BCUT2D eigenvalue weighted by Crippen LogP contribution is -1.97. The molecular weight excluding hydrogens is 233 g/mol. The van der Waals surface area contributed by atoms with Gasteiger partial charge in [0, 0.05) is 11.8 Å². The molecule has 10 heavy (non-hydrogen) atoms. The van der Waals surface area contributed by atoms with Crippen LogP contribution in [0.3, 0.4) is 0 Å². The maximum absolute atomic E-state index is 5.27. The van der Waals surface area contributed by atoms with E-state index in [1.807, 2.05) is 0 Å². The smallest absolute Gasteiger partial charge is 0.379 e. The Morgan fingerprint density at radius 2 is 1.30 bits per heavy atom. The van der Waals surface area contributed by atoms with Gasteiger partial charge in [-0.2, -0.15) is 0 Å². The first-order chi connectivity index (χ1) is 4.83. The average molecular weight is 241 g/mol. The molecule has 1 radical (unpaired) electrons. The van der Waals surface area contributed by atoms with E-state index in [-0.39, 0.29) is 13.4 Å². The van der Waals surface area contributed by atoms with E-state index in [1.165, 1.54) is 0 Å². The molecule has 0 aromatic heterocycles. The number of halogens is 4. The van der Waals surface area contributed by atoms with Crippen LogP contribution in [0.15, 0.2) is 0 Å². The molecular formula is C4H8AlCl4O. The monoisotopic (exact) mass is 239 g/mol. The van der Waals surface area contributed by atoms with Gasteiger partial charge in [-0.25, -0.2) is 20.1 Å². The molecule has 0 spiro atoms. The maximum Gasteiger partial charge on any atom is 0.495 e. The Hall–Kier alpha value is 1.65. The van der Waals surface area contributed by atoms with Gasteiger partial charge in [-0.1, -0.05) is 0 Å². The van der Waals surface area contributed by atoms with Crippen LogP contribution >= 0.6 is 43.3 Å². The molecule has 61 valence electrons. The maximum atomic E-state index is 5.27. The third-order valence-electron chi connectivity index (χ3n) is 0.443. The third-order valence-corrected chi connectivity index (χ3v) is 0.752. The van der Waals surface area contributed by atoms with Crippen LogP contribution < -0.4 is 0 Å². The summed E-state index contributed by atoms with van der Waals surface area (Å²) in [6.45, 7) is 1.21. The molecule has 0 N–H and O–H groups in total. The highest BCUT2D eigenvalue weighted by Gasteiger charge is 1.80. The fourth-order valence-corrected chi connectivity index (χ4v) is 0.429. The van der Waals surface area contributed by atoms with Crippen LogP contribution in [0.2, 0.25) is 0 Å². The van der Waals surface area contributed by atoms with Crippen molar-refractivity contribution in [2.45, 2.75) is 0 Å². The number of hydrogen-bond donors (Lipinski definition) is 0. The van der Waals surface area contributed by atoms with E-state index < -0.39 is 0 Å². The summed E-state index contributed by atoms with van der Waals surface area (Å²) >= 11 is 10.2. The van der Waals surface area contributed by atoms with E-state index >= 15 is 0 Å². The highest BCUT2D eigenvalue weighted by molar-refractivity contribution is 7.22. The van der Waals surface area contributed by atoms with Crippen LogP contribution in [-0.4, -0.2) is 38.4 Å². The Morgan fingerprint density at radius 3 is 1.50 bits per heavy atom. The van der Waals surface area contributed by atoms with Gasteiger partial charge in [0.05, 0.1) is 13.2 Å². The molecule has 0 atom stereocenters. The molecule has 1 nitrogen and oxygen atoms in total. The summed E-state index contributed by atoms with van der Waals surface area (Å²) in [4.78, 5) is 0. The molecule has 0 amide bonds. The van der Waals surface area contributed by atoms with Crippen LogP contribution in [0.4, 0.5) is 0 Å². The van der Waals surface area contributed by atoms with Gasteiger partial charge in [0.2, 0.25) is 0 Å². The minimum absolute atomic E-state index is 0.306. The molecule has 0 aliphatic heterocycles. The summed E-state index contributed by atoms with van der Waals surface area (Å²) in [5, 5.41) is 0. The second-order valence-electron chi connectivity index (χ2n) is 1.07. The van der Waals surface area contributed by atoms with Gasteiger partial charge < -0.3 is 4.74 Å². The van der Waals surface area contributed by atoms with Crippen molar-refractivity contribution in [2.75, 3.05) is 25.0 Å². The molecule has 0 fully saturated rings. The van der Waals surface area contributed by atoms with Crippen LogP contribution in [0, 0.1) is 0 Å². The molecule has 0 aromatic rings. The summed E-state index contributed by atoms with van der Waals surface area (Å²) in [6.07, 6.45) is 0. The Morgan fingerprint density at radius 1 is 1.00 bits per heavy atom. The summed E-state index contributed by atoms with van der Waals surface area (Å²) in [5.74, 6) is 1.10. The lowest BCUT2D eigenvalue weighted by molar-refractivity contribution is 0.165. The van der Waals surface area contributed by atoms with Crippen molar-refractivity contribution in [2.24, 2.45) is 0 Å². The zero-order valence-corrected chi connectivity index (χ0v) is 9.50. The topological polar surface area (TPSA) is 9.23 Å². The summed E-state index contributed by atoms with van der Waals surface area (Å²) < 4.78 is 4.87. The van der Waals surface area contributed by atoms with Crippen LogP contribution in [0.1, 0.15) is 0 Å². The SMILES string of the molecule is ClCCOCCCl.[Cl][Al][Cl]. The molecule has 0 saturated carbocycles. The van der Waals surface area contributed by atoms with E-state index in [9.17, 15) is 0 Å². The van der Waals surface area contributed by atoms with E-state index in [2.05, 4.69) is 0 Å². The molecule has 0 aromatic carbocycles. The normalized spacial score (nSPS) is 8.00. The molecule has 0 bridgehead atoms. The van der Waals surface area contributed by atoms with Crippen molar-refractivity contribution in [3.8, 4) is 0 Å². The van der Waals surface area contributed by atoms with Crippen LogP contribution in [0.5, 0.6) is 0 Å².